The third-order valence-electron chi connectivity index (χ3n) is 2.93. The highest BCUT2D eigenvalue weighted by Gasteiger charge is 2.19. The van der Waals surface area contributed by atoms with Gasteiger partial charge in [0, 0.05) is 6.07 Å². The molecule has 0 fully saturated rings. The second-order valence-electron chi connectivity index (χ2n) is 4.39. The van der Waals surface area contributed by atoms with Crippen LogP contribution in [0.1, 0.15) is 5.56 Å². The summed E-state index contributed by atoms with van der Waals surface area (Å²) in [5.74, 6) is 0.0950. The molecule has 0 spiro atoms. The van der Waals surface area contributed by atoms with Gasteiger partial charge < -0.3 is 0 Å². The summed E-state index contributed by atoms with van der Waals surface area (Å²) < 4.78 is 0. The maximum Gasteiger partial charge on any atom is 0.301 e. The smallest absolute Gasteiger partial charge is 0.271 e. The number of hydrazone groups is 1. The standard InChI is InChI=1S/C14H11ClN4O4/c15-9-13(10-4-2-1-3-5-10)17-16-12-7-6-11(18(20)21)8-14(12)19(22)23/h1-8,16H,9H2. The Morgan fingerprint density at radius 3 is 2.35 bits per heavy atom. The molecule has 118 valence electrons. The number of hydrogen-bond acceptors (Lipinski definition) is 6. The van der Waals surface area contributed by atoms with Gasteiger partial charge >= 0.3 is 5.69 Å². The average Bonchev–Trinajstić information content (AvgIpc) is 2.56. The van der Waals surface area contributed by atoms with E-state index >= 15 is 0 Å². The third kappa shape index (κ3) is 4.01. The lowest BCUT2D eigenvalue weighted by molar-refractivity contribution is -0.393. The van der Waals surface area contributed by atoms with Gasteiger partial charge in [-0.15, -0.1) is 11.6 Å². The number of halogens is 1. The van der Waals surface area contributed by atoms with Crippen molar-refractivity contribution in [2.24, 2.45) is 5.10 Å². The van der Waals surface area contributed by atoms with Crippen molar-refractivity contribution in [1.82, 2.24) is 0 Å². The molecule has 0 saturated carbocycles. The van der Waals surface area contributed by atoms with Crippen LogP contribution in [0.3, 0.4) is 0 Å². The molecule has 9 heteroatoms. The molecule has 0 atom stereocenters. The van der Waals surface area contributed by atoms with E-state index < -0.39 is 15.5 Å². The lowest BCUT2D eigenvalue weighted by Gasteiger charge is -2.06. The van der Waals surface area contributed by atoms with E-state index in [4.69, 9.17) is 11.6 Å². The fourth-order valence-electron chi connectivity index (χ4n) is 1.81. The Morgan fingerprint density at radius 2 is 1.78 bits per heavy atom. The molecular formula is C14H11ClN4O4. The van der Waals surface area contributed by atoms with Crippen molar-refractivity contribution in [3.8, 4) is 0 Å². The van der Waals surface area contributed by atoms with Crippen molar-refractivity contribution in [2.75, 3.05) is 11.3 Å². The van der Waals surface area contributed by atoms with Gasteiger partial charge in [0.25, 0.3) is 5.69 Å². The Morgan fingerprint density at radius 1 is 1.09 bits per heavy atom. The van der Waals surface area contributed by atoms with Gasteiger partial charge in [-0.25, -0.2) is 0 Å². The van der Waals surface area contributed by atoms with Crippen molar-refractivity contribution in [1.29, 1.82) is 0 Å². The minimum Gasteiger partial charge on any atom is -0.271 e. The Bertz CT molecular complexity index is 765. The molecule has 1 N–H and O–H groups in total. The molecule has 8 nitrogen and oxygen atoms in total. The number of nitro groups is 2. The molecule has 2 aromatic carbocycles. The first-order valence-corrected chi connectivity index (χ1v) is 6.93. The first-order valence-electron chi connectivity index (χ1n) is 6.39. The Labute approximate surface area is 135 Å². The summed E-state index contributed by atoms with van der Waals surface area (Å²) in [4.78, 5) is 20.3. The van der Waals surface area contributed by atoms with Crippen LogP contribution in [0.5, 0.6) is 0 Å². The molecular weight excluding hydrogens is 324 g/mol. The molecule has 2 rings (SSSR count). The molecule has 0 aliphatic heterocycles. The van der Waals surface area contributed by atoms with Gasteiger partial charge in [0.15, 0.2) is 0 Å². The van der Waals surface area contributed by atoms with Gasteiger partial charge in [-0.2, -0.15) is 5.10 Å². The van der Waals surface area contributed by atoms with Gasteiger partial charge in [0.05, 0.1) is 27.5 Å². The fourth-order valence-corrected chi connectivity index (χ4v) is 2.02. The predicted molar refractivity (Wildman–Crippen MR) is 87.1 cm³/mol. The highest BCUT2D eigenvalue weighted by molar-refractivity contribution is 6.31. The summed E-state index contributed by atoms with van der Waals surface area (Å²) in [7, 11) is 0. The SMILES string of the molecule is O=[N+]([O-])c1ccc(NN=C(CCl)c2ccccc2)c([N+](=O)[O-])c1. The monoisotopic (exact) mass is 334 g/mol. The molecule has 0 radical (unpaired) electrons. The zero-order valence-electron chi connectivity index (χ0n) is 11.7. The second-order valence-corrected chi connectivity index (χ2v) is 4.65. The Kier molecular flexibility index (Phi) is 5.21. The highest BCUT2D eigenvalue weighted by Crippen LogP contribution is 2.29. The van der Waals surface area contributed by atoms with Crippen molar-refractivity contribution >= 4 is 34.4 Å². The number of nitrogens with one attached hydrogen (secondary N) is 1. The number of anilines is 1. The highest BCUT2D eigenvalue weighted by atomic mass is 35.5. The normalized spacial score (nSPS) is 11.1. The van der Waals surface area contributed by atoms with Crippen LogP contribution in [-0.2, 0) is 0 Å². The number of nitro benzene ring substituents is 2. The third-order valence-corrected chi connectivity index (χ3v) is 3.19. The zero-order valence-corrected chi connectivity index (χ0v) is 12.4. The molecule has 0 aromatic heterocycles. The molecule has 0 bridgehead atoms. The summed E-state index contributed by atoms with van der Waals surface area (Å²) in [5, 5.41) is 25.8. The lowest BCUT2D eigenvalue weighted by Crippen LogP contribution is -2.07. The topological polar surface area (TPSA) is 111 Å². The van der Waals surface area contributed by atoms with Gasteiger partial charge in [-0.3, -0.25) is 25.7 Å². The van der Waals surface area contributed by atoms with Gasteiger partial charge in [0.2, 0.25) is 0 Å². The number of alkyl halides is 1. The zero-order chi connectivity index (χ0) is 16.8. The van der Waals surface area contributed by atoms with E-state index in [1.807, 2.05) is 18.2 Å². The van der Waals surface area contributed by atoms with Crippen LogP contribution in [0.4, 0.5) is 17.1 Å². The first-order chi connectivity index (χ1) is 11.0. The molecule has 0 amide bonds. The lowest BCUT2D eigenvalue weighted by atomic mass is 10.1. The maximum absolute atomic E-state index is 11.0. The largest absolute Gasteiger partial charge is 0.301 e. The van der Waals surface area contributed by atoms with E-state index in [-0.39, 0.29) is 17.3 Å². The van der Waals surface area contributed by atoms with Crippen molar-refractivity contribution in [3.05, 3.63) is 74.3 Å². The van der Waals surface area contributed by atoms with Crippen molar-refractivity contribution in [2.45, 2.75) is 0 Å². The predicted octanol–water partition coefficient (Wildman–Crippen LogP) is 3.56. The summed E-state index contributed by atoms with van der Waals surface area (Å²) in [6, 6.07) is 12.3. The average molecular weight is 335 g/mol. The van der Waals surface area contributed by atoms with Crippen LogP contribution in [0.25, 0.3) is 0 Å². The van der Waals surface area contributed by atoms with Crippen LogP contribution in [0.2, 0.25) is 0 Å². The summed E-state index contributed by atoms with van der Waals surface area (Å²) in [6.07, 6.45) is 0. The van der Waals surface area contributed by atoms with E-state index in [1.165, 1.54) is 6.07 Å². The molecule has 0 unspecified atom stereocenters. The van der Waals surface area contributed by atoms with Crippen LogP contribution in [-0.4, -0.2) is 21.4 Å². The molecule has 2 aromatic rings. The van der Waals surface area contributed by atoms with E-state index in [0.29, 0.717) is 5.71 Å². The van der Waals surface area contributed by atoms with Crippen LogP contribution < -0.4 is 5.43 Å². The Hall–Kier alpha value is -3.00. The minimum atomic E-state index is -0.715. The quantitative estimate of drug-likeness (QED) is 0.376. The summed E-state index contributed by atoms with van der Waals surface area (Å²) >= 11 is 5.84. The number of benzene rings is 2. The van der Waals surface area contributed by atoms with Crippen molar-refractivity contribution < 1.29 is 9.85 Å². The molecule has 0 aliphatic rings. The fraction of sp³-hybridized carbons (Fsp3) is 0.0714. The maximum atomic E-state index is 11.0. The molecule has 0 heterocycles. The number of hydrogen-bond donors (Lipinski definition) is 1. The number of non-ortho nitro benzene ring substituents is 1. The molecule has 0 saturated heterocycles. The van der Waals surface area contributed by atoms with E-state index in [1.54, 1.807) is 12.1 Å². The summed E-state index contributed by atoms with van der Waals surface area (Å²) in [5.41, 5.74) is 3.03. The Balaban J connectivity index is 2.33. The van der Waals surface area contributed by atoms with Gasteiger partial charge in [0.1, 0.15) is 5.69 Å². The molecule has 0 aliphatic carbocycles. The molecule has 23 heavy (non-hydrogen) atoms. The van der Waals surface area contributed by atoms with Gasteiger partial charge in [-0.05, 0) is 11.6 Å². The van der Waals surface area contributed by atoms with Gasteiger partial charge in [-0.1, -0.05) is 30.3 Å². The number of rotatable bonds is 6. The van der Waals surface area contributed by atoms with E-state index in [2.05, 4.69) is 10.5 Å². The number of nitrogens with zero attached hydrogens (tertiary/aromatic N) is 3. The first kappa shape index (κ1) is 16.4. The van der Waals surface area contributed by atoms with E-state index in [9.17, 15) is 20.2 Å². The minimum absolute atomic E-state index is 0.0409. The van der Waals surface area contributed by atoms with Crippen LogP contribution in [0, 0.1) is 20.2 Å². The second kappa shape index (κ2) is 7.32. The van der Waals surface area contributed by atoms with Crippen LogP contribution in [0.15, 0.2) is 53.6 Å². The van der Waals surface area contributed by atoms with E-state index in [0.717, 1.165) is 17.7 Å². The van der Waals surface area contributed by atoms with Crippen molar-refractivity contribution in [3.63, 3.8) is 0 Å². The van der Waals surface area contributed by atoms with Crippen LogP contribution >= 0.6 is 11.6 Å². The summed E-state index contributed by atoms with van der Waals surface area (Å²) in [6.45, 7) is 0.